The maximum Gasteiger partial charge on any atom is 0.281 e. The normalized spacial score (nSPS) is 10.7. The third-order valence-electron chi connectivity index (χ3n) is 2.01. The number of fused-ring (bicyclic) bond motifs is 1. The number of aromatic nitrogens is 1. The van der Waals surface area contributed by atoms with E-state index in [0.717, 1.165) is 11.8 Å². The predicted molar refractivity (Wildman–Crippen MR) is 49.6 cm³/mol. The summed E-state index contributed by atoms with van der Waals surface area (Å²) in [6, 6.07) is 3.80. The van der Waals surface area contributed by atoms with Crippen LogP contribution in [0.4, 0.5) is 10.1 Å². The van der Waals surface area contributed by atoms with Gasteiger partial charge in [-0.05, 0) is 19.1 Å². The number of nitrogens with one attached hydrogen (secondary N) is 1. The molecule has 1 aromatic heterocycles. The summed E-state index contributed by atoms with van der Waals surface area (Å²) in [6.07, 6.45) is 0. The Labute approximate surface area is 78.5 Å². The molecule has 4 nitrogen and oxygen atoms in total. The molecule has 0 bridgehead atoms. The molecule has 0 aliphatic heterocycles. The van der Waals surface area contributed by atoms with Crippen molar-refractivity contribution < 1.29 is 9.31 Å². The number of hydrogen-bond acceptors (Lipinski definition) is 2. The summed E-state index contributed by atoms with van der Waals surface area (Å²) in [5, 5.41) is 11.0. The highest BCUT2D eigenvalue weighted by Gasteiger charge is 2.15. The molecule has 0 radical (unpaired) electrons. The smallest absolute Gasteiger partial charge is 0.281 e. The molecule has 5 heteroatoms. The van der Waals surface area contributed by atoms with Gasteiger partial charge in [0.25, 0.3) is 5.69 Å². The molecule has 0 fully saturated rings. The molecule has 1 heterocycles. The molecule has 0 aliphatic carbocycles. The van der Waals surface area contributed by atoms with Crippen molar-refractivity contribution in [1.82, 2.24) is 4.98 Å². The molecule has 72 valence electrons. The van der Waals surface area contributed by atoms with Crippen molar-refractivity contribution in [3.05, 3.63) is 39.8 Å². The first-order chi connectivity index (χ1) is 6.58. The maximum absolute atomic E-state index is 12.9. The van der Waals surface area contributed by atoms with E-state index in [1.54, 1.807) is 13.0 Å². The number of hydrogen-bond donors (Lipinski definition) is 1. The van der Waals surface area contributed by atoms with Gasteiger partial charge in [0.1, 0.15) is 5.82 Å². The van der Waals surface area contributed by atoms with E-state index < -0.39 is 10.7 Å². The van der Waals surface area contributed by atoms with Crippen molar-refractivity contribution in [3.8, 4) is 0 Å². The number of halogens is 1. The Balaban J connectivity index is 2.85. The molecule has 0 amide bonds. The summed E-state index contributed by atoms with van der Waals surface area (Å²) in [4.78, 5) is 12.9. The van der Waals surface area contributed by atoms with Crippen LogP contribution in [0.1, 0.15) is 5.69 Å². The van der Waals surface area contributed by atoms with Gasteiger partial charge in [-0.2, -0.15) is 0 Å². The summed E-state index contributed by atoms with van der Waals surface area (Å²) < 4.78 is 12.9. The van der Waals surface area contributed by atoms with Gasteiger partial charge in [-0.1, -0.05) is 0 Å². The van der Waals surface area contributed by atoms with Gasteiger partial charge < -0.3 is 4.98 Å². The van der Waals surface area contributed by atoms with Gasteiger partial charge in [0.05, 0.1) is 21.9 Å². The number of benzene rings is 1. The van der Waals surface area contributed by atoms with Gasteiger partial charge in [-0.25, -0.2) is 4.39 Å². The second-order valence-corrected chi connectivity index (χ2v) is 3.10. The molecule has 0 spiro atoms. The second kappa shape index (κ2) is 2.80. The number of nitro benzene ring substituents is 1. The first-order valence-electron chi connectivity index (χ1n) is 4.01. The molecular weight excluding hydrogens is 187 g/mol. The number of nitrogens with zero attached hydrogens (tertiary/aromatic N) is 1. The summed E-state index contributed by atoms with van der Waals surface area (Å²) in [6.45, 7) is 1.77. The lowest BCUT2D eigenvalue weighted by molar-refractivity contribution is -0.383. The van der Waals surface area contributed by atoms with E-state index in [-0.39, 0.29) is 5.69 Å². The van der Waals surface area contributed by atoms with Crippen LogP contribution in [-0.2, 0) is 0 Å². The molecule has 0 atom stereocenters. The predicted octanol–water partition coefficient (Wildman–Crippen LogP) is 2.52. The topological polar surface area (TPSA) is 58.9 Å². The Morgan fingerprint density at radius 1 is 1.43 bits per heavy atom. The number of aromatic amines is 1. The van der Waals surface area contributed by atoms with E-state index in [4.69, 9.17) is 0 Å². The van der Waals surface area contributed by atoms with E-state index in [2.05, 4.69) is 4.98 Å². The summed E-state index contributed by atoms with van der Waals surface area (Å²) >= 11 is 0. The van der Waals surface area contributed by atoms with Crippen LogP contribution >= 0.6 is 0 Å². The van der Waals surface area contributed by atoms with E-state index in [1.165, 1.54) is 6.07 Å². The van der Waals surface area contributed by atoms with Crippen molar-refractivity contribution in [2.24, 2.45) is 0 Å². The molecule has 2 aromatic rings. The van der Waals surface area contributed by atoms with Crippen LogP contribution in [0, 0.1) is 22.9 Å². The average molecular weight is 194 g/mol. The van der Waals surface area contributed by atoms with Crippen molar-refractivity contribution in [2.45, 2.75) is 6.92 Å². The zero-order valence-electron chi connectivity index (χ0n) is 7.37. The molecule has 14 heavy (non-hydrogen) atoms. The molecule has 0 saturated heterocycles. The highest BCUT2D eigenvalue weighted by molar-refractivity contribution is 5.89. The lowest BCUT2D eigenvalue weighted by Gasteiger charge is -1.93. The largest absolute Gasteiger partial charge is 0.358 e. The second-order valence-electron chi connectivity index (χ2n) is 3.10. The first-order valence-corrected chi connectivity index (χ1v) is 4.01. The molecule has 0 saturated carbocycles. The highest BCUT2D eigenvalue weighted by atomic mass is 19.1. The third kappa shape index (κ3) is 1.22. The Bertz CT molecular complexity index is 519. The Morgan fingerprint density at radius 3 is 2.79 bits per heavy atom. The van der Waals surface area contributed by atoms with Crippen molar-refractivity contribution in [3.63, 3.8) is 0 Å². The van der Waals surface area contributed by atoms with Gasteiger partial charge in [0.2, 0.25) is 0 Å². The van der Waals surface area contributed by atoms with Gasteiger partial charge in [-0.15, -0.1) is 0 Å². The Kier molecular flexibility index (Phi) is 1.73. The fraction of sp³-hybridized carbons (Fsp3) is 0.111. The monoisotopic (exact) mass is 194 g/mol. The fourth-order valence-corrected chi connectivity index (χ4v) is 1.47. The first kappa shape index (κ1) is 8.68. The standard InChI is InChI=1S/C9H7FN2O2/c1-5-2-7-8(11-5)3-6(10)4-9(7)12(13)14/h2-4,11H,1H3. The third-order valence-corrected chi connectivity index (χ3v) is 2.01. The molecule has 0 unspecified atom stereocenters. The van der Waals surface area contributed by atoms with Gasteiger partial charge in [0, 0.05) is 5.69 Å². The molecule has 0 aliphatic rings. The Hall–Kier alpha value is -1.91. The highest BCUT2D eigenvalue weighted by Crippen LogP contribution is 2.27. The van der Waals surface area contributed by atoms with Crippen molar-refractivity contribution in [1.29, 1.82) is 0 Å². The van der Waals surface area contributed by atoms with Crippen LogP contribution < -0.4 is 0 Å². The molecular formula is C9H7FN2O2. The number of H-pyrrole nitrogens is 1. The van der Waals surface area contributed by atoms with Crippen LogP contribution in [0.15, 0.2) is 18.2 Å². The summed E-state index contributed by atoms with van der Waals surface area (Å²) in [5.41, 5.74) is 1.02. The lowest BCUT2D eigenvalue weighted by atomic mass is 10.2. The van der Waals surface area contributed by atoms with E-state index in [1.807, 2.05) is 0 Å². The number of nitro groups is 1. The fourth-order valence-electron chi connectivity index (χ4n) is 1.47. The minimum absolute atomic E-state index is 0.204. The van der Waals surface area contributed by atoms with Gasteiger partial charge in [0.15, 0.2) is 0 Å². The number of rotatable bonds is 1. The minimum Gasteiger partial charge on any atom is -0.358 e. The van der Waals surface area contributed by atoms with E-state index >= 15 is 0 Å². The van der Waals surface area contributed by atoms with Crippen LogP contribution in [0.2, 0.25) is 0 Å². The summed E-state index contributed by atoms with van der Waals surface area (Å²) in [5.74, 6) is -0.606. The van der Waals surface area contributed by atoms with Crippen molar-refractivity contribution >= 4 is 16.6 Å². The maximum atomic E-state index is 12.9. The van der Waals surface area contributed by atoms with E-state index in [0.29, 0.717) is 10.9 Å². The lowest BCUT2D eigenvalue weighted by Crippen LogP contribution is -1.89. The van der Waals surface area contributed by atoms with Gasteiger partial charge >= 0.3 is 0 Å². The summed E-state index contributed by atoms with van der Waals surface area (Å²) in [7, 11) is 0. The molecule has 1 aromatic carbocycles. The molecule has 1 N–H and O–H groups in total. The molecule has 2 rings (SSSR count). The van der Waals surface area contributed by atoms with Crippen molar-refractivity contribution in [2.75, 3.05) is 0 Å². The van der Waals surface area contributed by atoms with Crippen LogP contribution in [0.25, 0.3) is 10.9 Å². The van der Waals surface area contributed by atoms with Crippen LogP contribution in [0.5, 0.6) is 0 Å². The SMILES string of the molecule is Cc1cc2c([N+](=O)[O-])cc(F)cc2[nH]1. The number of non-ortho nitro benzene ring substituents is 1. The minimum atomic E-state index is -0.606. The van der Waals surface area contributed by atoms with Crippen LogP contribution in [0.3, 0.4) is 0 Å². The number of aryl methyl sites for hydroxylation is 1. The van der Waals surface area contributed by atoms with Crippen LogP contribution in [-0.4, -0.2) is 9.91 Å². The van der Waals surface area contributed by atoms with Gasteiger partial charge in [-0.3, -0.25) is 10.1 Å². The van der Waals surface area contributed by atoms with E-state index in [9.17, 15) is 14.5 Å². The zero-order valence-corrected chi connectivity index (χ0v) is 7.37. The zero-order chi connectivity index (χ0) is 10.3. The Morgan fingerprint density at radius 2 is 2.14 bits per heavy atom. The quantitative estimate of drug-likeness (QED) is 0.560. The average Bonchev–Trinajstić information content (AvgIpc) is 2.42.